The number of hydrogen-bond donors (Lipinski definition) is 1. The van der Waals surface area contributed by atoms with Crippen LogP contribution in [0, 0.1) is 11.8 Å². The molecule has 4 heteroatoms. The van der Waals surface area contributed by atoms with Crippen LogP contribution >= 0.6 is 0 Å². The molecule has 4 nitrogen and oxygen atoms in total. The summed E-state index contributed by atoms with van der Waals surface area (Å²) in [5.41, 5.74) is 0. The molecule has 2 fully saturated rings. The molecule has 2 bridgehead atoms. The zero-order chi connectivity index (χ0) is 10.8. The molecule has 0 radical (unpaired) electrons. The maximum Gasteiger partial charge on any atom is 0.0692 e. The predicted octanol–water partition coefficient (Wildman–Crippen LogP) is 1.45. The Labute approximate surface area is 96.4 Å². The van der Waals surface area contributed by atoms with Crippen LogP contribution in [0.4, 0.5) is 0 Å². The molecule has 0 spiro atoms. The number of nitrogens with one attached hydrogen (secondary N) is 1. The number of nitrogens with zero attached hydrogens (tertiary/aromatic N) is 3. The summed E-state index contributed by atoms with van der Waals surface area (Å²) in [7, 11) is 0. The van der Waals surface area contributed by atoms with Gasteiger partial charge in [0.15, 0.2) is 0 Å². The van der Waals surface area contributed by atoms with Gasteiger partial charge in [0.05, 0.1) is 6.20 Å². The molecule has 1 heterocycles. The molecule has 88 valence electrons. The molecule has 0 saturated heterocycles. The van der Waals surface area contributed by atoms with E-state index in [1.165, 1.54) is 25.7 Å². The van der Waals surface area contributed by atoms with Crippen molar-refractivity contribution in [2.75, 3.05) is 6.54 Å². The number of aryl methyl sites for hydroxylation is 1. The Morgan fingerprint density at radius 2 is 2.31 bits per heavy atom. The van der Waals surface area contributed by atoms with Crippen LogP contribution in [-0.2, 0) is 6.54 Å². The van der Waals surface area contributed by atoms with Crippen LogP contribution < -0.4 is 5.32 Å². The van der Waals surface area contributed by atoms with Crippen LogP contribution in [-0.4, -0.2) is 27.6 Å². The van der Waals surface area contributed by atoms with Crippen molar-refractivity contribution in [3.63, 3.8) is 0 Å². The smallest absolute Gasteiger partial charge is 0.0692 e. The summed E-state index contributed by atoms with van der Waals surface area (Å²) in [5, 5.41) is 11.5. The fraction of sp³-hybridized carbons (Fsp3) is 0.833. The van der Waals surface area contributed by atoms with Crippen molar-refractivity contribution in [3.05, 3.63) is 12.4 Å². The quantitative estimate of drug-likeness (QED) is 0.764. The molecule has 3 unspecified atom stereocenters. The van der Waals surface area contributed by atoms with E-state index in [0.29, 0.717) is 0 Å². The highest BCUT2D eigenvalue weighted by molar-refractivity contribution is 4.93. The summed E-state index contributed by atoms with van der Waals surface area (Å²) < 4.78 is 1.91. The molecule has 2 aliphatic rings. The number of rotatable bonds is 5. The van der Waals surface area contributed by atoms with Crippen LogP contribution in [0.2, 0.25) is 0 Å². The van der Waals surface area contributed by atoms with Crippen molar-refractivity contribution < 1.29 is 0 Å². The van der Waals surface area contributed by atoms with Crippen molar-refractivity contribution in [3.8, 4) is 0 Å². The fourth-order valence-electron chi connectivity index (χ4n) is 3.38. The van der Waals surface area contributed by atoms with Gasteiger partial charge in [-0.3, -0.25) is 4.68 Å². The Balaban J connectivity index is 1.35. The molecular weight excluding hydrogens is 200 g/mol. The topological polar surface area (TPSA) is 42.7 Å². The predicted molar refractivity (Wildman–Crippen MR) is 61.9 cm³/mol. The number of hydrogen-bond acceptors (Lipinski definition) is 3. The van der Waals surface area contributed by atoms with E-state index >= 15 is 0 Å². The lowest BCUT2D eigenvalue weighted by atomic mass is 9.95. The SMILES string of the molecule is c1cn(CCCNC2CC3CCC2C3)nn1. The molecule has 3 rings (SSSR count). The van der Waals surface area contributed by atoms with E-state index in [2.05, 4.69) is 15.6 Å². The van der Waals surface area contributed by atoms with E-state index in [1.54, 1.807) is 6.20 Å². The maximum atomic E-state index is 3.96. The van der Waals surface area contributed by atoms with Crippen molar-refractivity contribution in [2.24, 2.45) is 11.8 Å². The molecule has 16 heavy (non-hydrogen) atoms. The molecule has 1 aromatic rings. The Bertz CT molecular complexity index is 322. The minimum absolute atomic E-state index is 0.814. The van der Waals surface area contributed by atoms with Gasteiger partial charge in [-0.2, -0.15) is 0 Å². The third-order valence-electron chi connectivity index (χ3n) is 4.18. The minimum atomic E-state index is 0.814. The minimum Gasteiger partial charge on any atom is -0.314 e. The van der Waals surface area contributed by atoms with Gasteiger partial charge in [-0.1, -0.05) is 11.6 Å². The molecule has 1 N–H and O–H groups in total. The first-order valence-electron chi connectivity index (χ1n) is 6.49. The van der Waals surface area contributed by atoms with Crippen LogP contribution in [0.1, 0.15) is 32.1 Å². The van der Waals surface area contributed by atoms with Crippen LogP contribution in [0.5, 0.6) is 0 Å². The monoisotopic (exact) mass is 220 g/mol. The zero-order valence-corrected chi connectivity index (χ0v) is 9.68. The average Bonchev–Trinajstić information content (AvgIpc) is 3.01. The van der Waals surface area contributed by atoms with Gasteiger partial charge in [-0.25, -0.2) is 0 Å². The van der Waals surface area contributed by atoms with Gasteiger partial charge in [0.2, 0.25) is 0 Å². The van der Waals surface area contributed by atoms with Gasteiger partial charge in [-0.15, -0.1) is 5.10 Å². The molecule has 2 aliphatic carbocycles. The summed E-state index contributed by atoms with van der Waals surface area (Å²) in [5.74, 6) is 2.02. The second kappa shape index (κ2) is 4.53. The number of aromatic nitrogens is 3. The first kappa shape index (κ1) is 10.3. The fourth-order valence-corrected chi connectivity index (χ4v) is 3.38. The normalized spacial score (nSPS) is 32.4. The molecule has 0 aromatic carbocycles. The van der Waals surface area contributed by atoms with Gasteiger partial charge in [0.25, 0.3) is 0 Å². The standard InChI is InChI=1S/C12H20N4/c1(6-16-7-5-14-15-16)4-13-12-9-10-2-3-11(12)8-10/h5,7,10-13H,1-4,6,8-9H2. The van der Waals surface area contributed by atoms with Crippen molar-refractivity contribution in [2.45, 2.75) is 44.7 Å². The number of fused-ring (bicyclic) bond motifs is 2. The van der Waals surface area contributed by atoms with Gasteiger partial charge in [0.1, 0.15) is 0 Å². The van der Waals surface area contributed by atoms with Gasteiger partial charge >= 0.3 is 0 Å². The lowest BCUT2D eigenvalue weighted by Gasteiger charge is -2.22. The van der Waals surface area contributed by atoms with Crippen molar-refractivity contribution in [1.82, 2.24) is 20.3 Å². The lowest BCUT2D eigenvalue weighted by molar-refractivity contribution is 0.346. The van der Waals surface area contributed by atoms with Gasteiger partial charge < -0.3 is 5.32 Å². The zero-order valence-electron chi connectivity index (χ0n) is 9.68. The Morgan fingerprint density at radius 3 is 3.00 bits per heavy atom. The van der Waals surface area contributed by atoms with Gasteiger partial charge in [-0.05, 0) is 44.1 Å². The first-order chi connectivity index (χ1) is 7.92. The molecule has 0 amide bonds. The molecule has 3 atom stereocenters. The molecule has 0 aliphatic heterocycles. The third-order valence-corrected chi connectivity index (χ3v) is 4.18. The van der Waals surface area contributed by atoms with E-state index in [4.69, 9.17) is 0 Å². The summed E-state index contributed by atoms with van der Waals surface area (Å²) in [6, 6.07) is 0.814. The van der Waals surface area contributed by atoms with Crippen LogP contribution in [0.15, 0.2) is 12.4 Å². The Kier molecular flexibility index (Phi) is 2.91. The van der Waals surface area contributed by atoms with Crippen molar-refractivity contribution >= 4 is 0 Å². The van der Waals surface area contributed by atoms with E-state index in [9.17, 15) is 0 Å². The highest BCUT2D eigenvalue weighted by atomic mass is 15.4. The summed E-state index contributed by atoms with van der Waals surface area (Å²) in [6.45, 7) is 2.10. The summed E-state index contributed by atoms with van der Waals surface area (Å²) >= 11 is 0. The van der Waals surface area contributed by atoms with E-state index in [-0.39, 0.29) is 0 Å². The highest BCUT2D eigenvalue weighted by Gasteiger charge is 2.38. The summed E-state index contributed by atoms with van der Waals surface area (Å²) in [4.78, 5) is 0. The van der Waals surface area contributed by atoms with Crippen molar-refractivity contribution in [1.29, 1.82) is 0 Å². The Morgan fingerprint density at radius 1 is 1.31 bits per heavy atom. The highest BCUT2D eigenvalue weighted by Crippen LogP contribution is 2.44. The van der Waals surface area contributed by atoms with E-state index in [0.717, 1.165) is 37.4 Å². The molecular formula is C12H20N4. The molecule has 1 aromatic heterocycles. The maximum absolute atomic E-state index is 3.96. The third kappa shape index (κ3) is 2.12. The Hall–Kier alpha value is -0.900. The second-order valence-electron chi connectivity index (χ2n) is 5.26. The van der Waals surface area contributed by atoms with Crippen LogP contribution in [0.3, 0.4) is 0 Å². The molecule has 2 saturated carbocycles. The van der Waals surface area contributed by atoms with E-state index in [1.807, 2.05) is 10.9 Å². The summed E-state index contributed by atoms with van der Waals surface area (Å²) in [6.07, 6.45) is 10.7. The van der Waals surface area contributed by atoms with E-state index < -0.39 is 0 Å². The largest absolute Gasteiger partial charge is 0.314 e. The first-order valence-corrected chi connectivity index (χ1v) is 6.49. The lowest BCUT2D eigenvalue weighted by Crippen LogP contribution is -2.34. The van der Waals surface area contributed by atoms with Gasteiger partial charge in [0, 0.05) is 18.8 Å². The second-order valence-corrected chi connectivity index (χ2v) is 5.26. The van der Waals surface area contributed by atoms with Crippen LogP contribution in [0.25, 0.3) is 0 Å². The average molecular weight is 220 g/mol.